The van der Waals surface area contributed by atoms with E-state index in [1.165, 1.54) is 32.5 Å². The van der Waals surface area contributed by atoms with Gasteiger partial charge in [0.15, 0.2) is 40.1 Å². The van der Waals surface area contributed by atoms with Crippen LogP contribution in [0.25, 0.3) is 30.6 Å². The van der Waals surface area contributed by atoms with Crippen LogP contribution in [0, 0.1) is 0 Å². The molecule has 390 valence electrons. The summed E-state index contributed by atoms with van der Waals surface area (Å²) in [5.41, 5.74) is -12.0. The van der Waals surface area contributed by atoms with Gasteiger partial charge in [-0.05, 0) is 41.0 Å². The van der Waals surface area contributed by atoms with Gasteiger partial charge in [-0.2, -0.15) is 74.6 Å². The summed E-state index contributed by atoms with van der Waals surface area (Å²) in [6.45, 7) is 9.99. The molecule has 0 spiro atoms. The van der Waals surface area contributed by atoms with Gasteiger partial charge in [0.25, 0.3) is 0 Å². The second-order valence-corrected chi connectivity index (χ2v) is 22.4. The van der Waals surface area contributed by atoms with E-state index in [9.17, 15) is 125 Å². The smallest absolute Gasteiger partial charge is 0.426 e. The third-order valence-corrected chi connectivity index (χ3v) is 16.7. The maximum atomic E-state index is 13.7. The molecule has 38 heteroatoms. The van der Waals surface area contributed by atoms with Crippen molar-refractivity contribution in [3.05, 3.63) is 127 Å². The predicted octanol–water partition coefficient (Wildman–Crippen LogP) is 9.32. The van der Waals surface area contributed by atoms with Crippen molar-refractivity contribution in [2.24, 2.45) is 0 Å². The van der Waals surface area contributed by atoms with Gasteiger partial charge in [0, 0.05) is 15.4 Å². The van der Waals surface area contributed by atoms with E-state index in [4.69, 9.17) is 0 Å². The highest BCUT2D eigenvalue weighted by Gasteiger charge is 2.84. The summed E-state index contributed by atoms with van der Waals surface area (Å²) < 4.78 is 353. The molecule has 3 aromatic rings. The molecule has 0 unspecified atom stereocenters. The van der Waals surface area contributed by atoms with Gasteiger partial charge in [0.05, 0.1) is 0 Å². The Kier molecular flexibility index (Phi) is 18.5. The molecule has 15 nitrogen and oxygen atoms in total. The average molecular weight is 1140 g/mol. The average Bonchev–Trinajstić information content (AvgIpc) is 3.18. The summed E-state index contributed by atoms with van der Waals surface area (Å²) in [6.07, 6.45) is -3.50. The number of alkyl halides is 17. The predicted molar refractivity (Wildman–Crippen MR) is 207 cm³/mol. The zero-order chi connectivity index (χ0) is 54.7. The topological polar surface area (TPSA) is 247 Å². The highest BCUT2D eigenvalue weighted by Crippen LogP contribution is 2.56. The lowest BCUT2D eigenvalue weighted by molar-refractivity contribution is -0.382. The standard InChI is InChI=1S/C12H7F9NO4S2.C10H7F5NO4S2.C9H7F3NO4S2/c1-2-7-3-5-8(6-4-7)27(23,24)22-28(25,26)12(20,21)10(15,16)9(13,14)11(17,18)19;1-2-7-3-5-8(6-4-7)9(11,12)21(17,18)16-22(19,20)10(13,14)15;1-2-7-3-5-8(6-4-7)18(14,15)13-19(16,17)9(10,11)12/h2-6H,1H2;2-6H,1H2;2-6H,1H2/q3*-1. The third kappa shape index (κ3) is 14.0. The van der Waals surface area contributed by atoms with Crippen LogP contribution in [-0.4, -0.2) is 84.8 Å². The second kappa shape index (κ2) is 20.5. The van der Waals surface area contributed by atoms with Crippen LogP contribution in [0.3, 0.4) is 0 Å². The second-order valence-electron chi connectivity index (χ2n) is 12.0. The molecule has 69 heavy (non-hydrogen) atoms. The third-order valence-electron chi connectivity index (χ3n) is 7.25. The largest absolute Gasteiger partial charge is 0.480 e. The normalized spacial score (nSPS) is 14.0. The van der Waals surface area contributed by atoms with Crippen molar-refractivity contribution in [2.45, 2.75) is 49.3 Å². The fraction of sp³-hybridized carbons (Fsp3) is 0.226. The van der Waals surface area contributed by atoms with Crippen molar-refractivity contribution in [1.29, 1.82) is 0 Å². The van der Waals surface area contributed by atoms with E-state index in [2.05, 4.69) is 19.7 Å². The quantitative estimate of drug-likeness (QED) is 0.122. The molecule has 0 bridgehead atoms. The number of benzene rings is 3. The maximum Gasteiger partial charge on any atom is 0.480 e. The molecule has 0 fully saturated rings. The lowest BCUT2D eigenvalue weighted by atomic mass is 10.1. The number of rotatable bonds is 16. The summed E-state index contributed by atoms with van der Waals surface area (Å²) >= 11 is 0. The summed E-state index contributed by atoms with van der Waals surface area (Å²) in [6, 6.07) is 10.6. The Bertz CT molecular complexity index is 3050. The van der Waals surface area contributed by atoms with E-state index >= 15 is 0 Å². The minimum atomic E-state index is -7.58. The molecule has 0 saturated heterocycles. The highest BCUT2D eigenvalue weighted by atomic mass is 32.3. The van der Waals surface area contributed by atoms with E-state index in [0.717, 1.165) is 42.5 Å². The van der Waals surface area contributed by atoms with Crippen molar-refractivity contribution in [3.8, 4) is 0 Å². The van der Waals surface area contributed by atoms with Gasteiger partial charge in [-0.15, -0.1) is 0 Å². The first kappa shape index (κ1) is 62.3. The molecule has 0 saturated carbocycles. The van der Waals surface area contributed by atoms with Gasteiger partial charge in [-0.25, -0.2) is 50.5 Å². The van der Waals surface area contributed by atoms with Gasteiger partial charge in [0.2, 0.25) is 0 Å². The van der Waals surface area contributed by atoms with Crippen LogP contribution in [0.4, 0.5) is 74.6 Å². The number of hydrogen-bond donors (Lipinski definition) is 0. The zero-order valence-electron chi connectivity index (χ0n) is 32.4. The van der Waals surface area contributed by atoms with Gasteiger partial charge in [-0.1, -0.05) is 86.5 Å². The summed E-state index contributed by atoms with van der Waals surface area (Å²) in [5, 5.41) is -12.2. The molecule has 0 aliphatic rings. The Morgan fingerprint density at radius 3 is 0.913 bits per heavy atom. The van der Waals surface area contributed by atoms with E-state index in [1.54, 1.807) is 0 Å². The fourth-order valence-corrected chi connectivity index (χ4v) is 10.7. The Morgan fingerprint density at radius 2 is 0.638 bits per heavy atom. The first-order chi connectivity index (χ1) is 30.5. The summed E-state index contributed by atoms with van der Waals surface area (Å²) in [4.78, 5) is -1.81. The molecule has 0 aliphatic carbocycles. The summed E-state index contributed by atoms with van der Waals surface area (Å²) in [5.74, 6) is -15.1. The van der Waals surface area contributed by atoms with Crippen molar-refractivity contribution in [1.82, 2.24) is 0 Å². The van der Waals surface area contributed by atoms with Crippen LogP contribution in [0.1, 0.15) is 22.3 Å². The molecular weight excluding hydrogens is 1120 g/mol. The van der Waals surface area contributed by atoms with Crippen LogP contribution in [-0.2, 0) is 65.4 Å². The molecule has 0 heterocycles. The van der Waals surface area contributed by atoms with Crippen molar-refractivity contribution < 1.29 is 125 Å². The minimum Gasteiger partial charge on any atom is -0.426 e. The number of sulfonamides is 6. The van der Waals surface area contributed by atoms with Gasteiger partial charge in [0.1, 0.15) is 20.0 Å². The SMILES string of the molecule is C=Cc1ccc(C(F)(F)S(=O)(=O)[N-]S(=O)(=O)C(F)(F)F)cc1.C=Cc1ccc(S(=O)(=O)[N-]S(=O)(=O)C(F)(F)C(F)(F)C(F)(F)C(F)(F)F)cc1.C=Cc1ccc(S(=O)(=O)[N-]S(=O)(=O)C(F)(F)F)cc1. The fourth-order valence-electron chi connectivity index (χ4n) is 3.69. The Labute approximate surface area is 378 Å². The molecule has 0 N–H and O–H groups in total. The van der Waals surface area contributed by atoms with E-state index in [1.807, 2.05) is 4.13 Å². The van der Waals surface area contributed by atoms with Crippen molar-refractivity contribution in [2.75, 3.05) is 0 Å². The lowest BCUT2D eigenvalue weighted by Gasteiger charge is -2.36. The highest BCUT2D eigenvalue weighted by molar-refractivity contribution is 8.13. The lowest BCUT2D eigenvalue weighted by Crippen LogP contribution is -2.63. The van der Waals surface area contributed by atoms with E-state index < -0.39 is 115 Å². The number of nitrogens with zero attached hydrogens (tertiary/aromatic N) is 3. The Hall–Kier alpha value is -4.73. The van der Waals surface area contributed by atoms with Gasteiger partial charge < -0.3 is 12.4 Å². The molecule has 0 radical (unpaired) electrons. The first-order valence-electron chi connectivity index (χ1n) is 16.1. The maximum absolute atomic E-state index is 13.7. The van der Waals surface area contributed by atoms with Crippen LogP contribution >= 0.6 is 0 Å². The van der Waals surface area contributed by atoms with Crippen molar-refractivity contribution in [3.63, 3.8) is 0 Å². The number of halogens is 17. The van der Waals surface area contributed by atoms with E-state index in [-0.39, 0.29) is 5.56 Å². The molecule has 3 rings (SSSR count). The molecule has 0 atom stereocenters. The van der Waals surface area contributed by atoms with Crippen LogP contribution in [0.5, 0.6) is 0 Å². The van der Waals surface area contributed by atoms with E-state index in [0.29, 0.717) is 35.4 Å². The molecule has 0 aliphatic heterocycles. The first-order valence-corrected chi connectivity index (χ1v) is 24.7. The molecule has 0 aromatic heterocycles. The minimum absolute atomic E-state index is 0.239. The van der Waals surface area contributed by atoms with Crippen LogP contribution in [0.2, 0.25) is 0 Å². The zero-order valence-corrected chi connectivity index (χ0v) is 37.3. The van der Waals surface area contributed by atoms with Gasteiger partial charge >= 0.3 is 39.5 Å². The van der Waals surface area contributed by atoms with Crippen molar-refractivity contribution >= 4 is 78.4 Å². The number of hydrogen-bond acceptors (Lipinski definition) is 12. The summed E-state index contributed by atoms with van der Waals surface area (Å²) in [7, 11) is -37.1. The molecule has 3 aromatic carbocycles. The molecule has 0 amide bonds. The van der Waals surface area contributed by atoms with Gasteiger partial charge in [-0.3, -0.25) is 0 Å². The van der Waals surface area contributed by atoms with Crippen LogP contribution in [0.15, 0.2) is 102 Å². The Morgan fingerprint density at radius 1 is 0.362 bits per heavy atom. The van der Waals surface area contributed by atoms with Crippen LogP contribution < -0.4 is 0 Å². The monoisotopic (exact) mass is 1140 g/mol. The molecular formula is C31H21F17N3O12S6-3. The Balaban J connectivity index is 0.000000528.